The molecule has 0 aliphatic rings. The van der Waals surface area contributed by atoms with E-state index >= 15 is 0 Å². The van der Waals surface area contributed by atoms with Crippen molar-refractivity contribution in [2.75, 3.05) is 0 Å². The Morgan fingerprint density at radius 3 is 2.62 bits per heavy atom. The Morgan fingerprint density at radius 2 is 2.00 bits per heavy atom. The summed E-state index contributed by atoms with van der Waals surface area (Å²) in [5.74, 6) is 0.492. The first kappa shape index (κ1) is 16.0. The SMILES string of the molecule is CC(C)CCn1cc(-c2c(Br)cccc2C(F)(F)F)nn1. The van der Waals surface area contributed by atoms with Gasteiger partial charge in [-0.3, -0.25) is 4.68 Å². The van der Waals surface area contributed by atoms with Crippen molar-refractivity contribution in [2.24, 2.45) is 5.92 Å². The molecule has 2 rings (SSSR count). The molecule has 0 amide bonds. The quantitative estimate of drug-likeness (QED) is 0.784. The van der Waals surface area contributed by atoms with Crippen molar-refractivity contribution in [3.8, 4) is 11.3 Å². The summed E-state index contributed by atoms with van der Waals surface area (Å²) in [5, 5.41) is 7.79. The van der Waals surface area contributed by atoms with Gasteiger partial charge >= 0.3 is 6.18 Å². The van der Waals surface area contributed by atoms with Crippen LogP contribution in [0.4, 0.5) is 13.2 Å². The summed E-state index contributed by atoms with van der Waals surface area (Å²) in [4.78, 5) is 0. The van der Waals surface area contributed by atoms with E-state index in [-0.39, 0.29) is 11.3 Å². The van der Waals surface area contributed by atoms with Crippen LogP contribution in [0.2, 0.25) is 0 Å². The lowest BCUT2D eigenvalue weighted by Gasteiger charge is -2.12. The highest BCUT2D eigenvalue weighted by Crippen LogP contribution is 2.40. The van der Waals surface area contributed by atoms with Crippen molar-refractivity contribution in [1.82, 2.24) is 15.0 Å². The van der Waals surface area contributed by atoms with Crippen molar-refractivity contribution in [2.45, 2.75) is 33.0 Å². The van der Waals surface area contributed by atoms with Crippen LogP contribution in [0, 0.1) is 5.92 Å². The van der Waals surface area contributed by atoms with Gasteiger partial charge in [-0.2, -0.15) is 13.2 Å². The molecule has 0 aliphatic carbocycles. The molecule has 1 aromatic heterocycles. The molecule has 1 heterocycles. The van der Waals surface area contributed by atoms with Gasteiger partial charge in [0.1, 0.15) is 5.69 Å². The third kappa shape index (κ3) is 3.84. The van der Waals surface area contributed by atoms with Crippen LogP contribution in [0.15, 0.2) is 28.9 Å². The highest BCUT2D eigenvalue weighted by Gasteiger charge is 2.35. The van der Waals surface area contributed by atoms with Crippen molar-refractivity contribution >= 4 is 15.9 Å². The van der Waals surface area contributed by atoms with Crippen LogP contribution in [0.1, 0.15) is 25.8 Å². The second kappa shape index (κ2) is 6.17. The van der Waals surface area contributed by atoms with E-state index in [2.05, 4.69) is 40.1 Å². The topological polar surface area (TPSA) is 30.7 Å². The molecule has 3 nitrogen and oxygen atoms in total. The molecule has 0 N–H and O–H groups in total. The number of halogens is 4. The van der Waals surface area contributed by atoms with Gasteiger partial charge in [-0.25, -0.2) is 0 Å². The molecule has 0 spiro atoms. The zero-order valence-corrected chi connectivity index (χ0v) is 13.2. The summed E-state index contributed by atoms with van der Waals surface area (Å²) < 4.78 is 41.2. The maximum atomic E-state index is 13.1. The molecule has 2 aromatic rings. The molecular formula is C14H15BrF3N3. The van der Waals surface area contributed by atoms with Crippen molar-refractivity contribution in [1.29, 1.82) is 0 Å². The van der Waals surface area contributed by atoms with Crippen molar-refractivity contribution < 1.29 is 13.2 Å². The predicted molar refractivity (Wildman–Crippen MR) is 77.6 cm³/mol. The molecule has 0 fully saturated rings. The van der Waals surface area contributed by atoms with Crippen LogP contribution in [-0.4, -0.2) is 15.0 Å². The highest BCUT2D eigenvalue weighted by atomic mass is 79.9. The molecule has 0 unspecified atom stereocenters. The smallest absolute Gasteiger partial charge is 0.252 e. The van der Waals surface area contributed by atoms with Crippen LogP contribution >= 0.6 is 15.9 Å². The van der Waals surface area contributed by atoms with Crippen molar-refractivity contribution in [3.63, 3.8) is 0 Å². The van der Waals surface area contributed by atoms with E-state index in [1.54, 1.807) is 16.9 Å². The minimum absolute atomic E-state index is 0.0285. The second-order valence-corrected chi connectivity index (χ2v) is 6.06. The zero-order chi connectivity index (χ0) is 15.6. The number of benzene rings is 1. The molecule has 7 heteroatoms. The van der Waals surface area contributed by atoms with Gasteiger partial charge in [0.25, 0.3) is 0 Å². The summed E-state index contributed by atoms with van der Waals surface area (Å²) in [6.45, 7) is 4.79. The number of rotatable bonds is 4. The molecule has 0 radical (unpaired) electrons. The second-order valence-electron chi connectivity index (χ2n) is 5.21. The molecule has 1 aromatic carbocycles. The number of nitrogens with zero attached hydrogens (tertiary/aromatic N) is 3. The van der Waals surface area contributed by atoms with Gasteiger partial charge in [-0.15, -0.1) is 5.10 Å². The number of hydrogen-bond acceptors (Lipinski definition) is 2. The van der Waals surface area contributed by atoms with Crippen LogP contribution < -0.4 is 0 Å². The van der Waals surface area contributed by atoms with E-state index in [1.165, 1.54) is 6.07 Å². The normalized spacial score (nSPS) is 12.1. The summed E-state index contributed by atoms with van der Waals surface area (Å²) in [6.07, 6.45) is -1.98. The monoisotopic (exact) mass is 361 g/mol. The Morgan fingerprint density at radius 1 is 1.29 bits per heavy atom. The average Bonchev–Trinajstić information content (AvgIpc) is 2.83. The fraction of sp³-hybridized carbons (Fsp3) is 0.429. The largest absolute Gasteiger partial charge is 0.417 e. The average molecular weight is 362 g/mol. The van der Waals surface area contributed by atoms with Gasteiger partial charge in [-0.1, -0.05) is 41.1 Å². The van der Waals surface area contributed by atoms with Gasteiger partial charge in [0, 0.05) is 16.6 Å². The summed E-state index contributed by atoms with van der Waals surface area (Å²) >= 11 is 3.17. The molecule has 0 atom stereocenters. The standard InChI is InChI=1S/C14H15BrF3N3/c1-9(2)6-7-21-8-12(19-20-21)13-10(14(16,17)18)4-3-5-11(13)15/h3-5,8-9H,6-7H2,1-2H3. The maximum Gasteiger partial charge on any atom is 0.417 e. The van der Waals surface area contributed by atoms with Gasteiger partial charge < -0.3 is 0 Å². The fourth-order valence-electron chi connectivity index (χ4n) is 1.93. The minimum Gasteiger partial charge on any atom is -0.252 e. The van der Waals surface area contributed by atoms with E-state index in [0.29, 0.717) is 16.9 Å². The molecule has 114 valence electrons. The van der Waals surface area contributed by atoms with E-state index in [9.17, 15) is 13.2 Å². The summed E-state index contributed by atoms with van der Waals surface area (Å²) in [5.41, 5.74) is -0.466. The highest BCUT2D eigenvalue weighted by molar-refractivity contribution is 9.10. The van der Waals surface area contributed by atoms with E-state index in [0.717, 1.165) is 12.5 Å². The van der Waals surface area contributed by atoms with Gasteiger partial charge in [0.15, 0.2) is 0 Å². The van der Waals surface area contributed by atoms with Gasteiger partial charge in [-0.05, 0) is 24.5 Å². The molecular weight excluding hydrogens is 347 g/mol. The molecule has 0 saturated heterocycles. The van der Waals surface area contributed by atoms with Crippen molar-refractivity contribution in [3.05, 3.63) is 34.4 Å². The van der Waals surface area contributed by atoms with E-state index in [4.69, 9.17) is 0 Å². The minimum atomic E-state index is -4.43. The number of hydrogen-bond donors (Lipinski definition) is 0. The lowest BCUT2D eigenvalue weighted by Crippen LogP contribution is -2.07. The van der Waals surface area contributed by atoms with Crippen LogP contribution in [0.3, 0.4) is 0 Å². The third-order valence-electron chi connectivity index (χ3n) is 3.05. The summed E-state index contributed by atoms with van der Waals surface area (Å²) in [7, 11) is 0. The van der Waals surface area contributed by atoms with Gasteiger partial charge in [0.2, 0.25) is 0 Å². The Hall–Kier alpha value is -1.37. The van der Waals surface area contributed by atoms with Crippen LogP contribution in [0.5, 0.6) is 0 Å². The Balaban J connectivity index is 2.38. The third-order valence-corrected chi connectivity index (χ3v) is 3.71. The molecule has 0 bridgehead atoms. The van der Waals surface area contributed by atoms with Gasteiger partial charge in [0.05, 0.1) is 11.8 Å². The maximum absolute atomic E-state index is 13.1. The van der Waals surface area contributed by atoms with Crippen LogP contribution in [-0.2, 0) is 12.7 Å². The lowest BCUT2D eigenvalue weighted by atomic mass is 10.0. The molecule has 21 heavy (non-hydrogen) atoms. The Kier molecular flexibility index (Phi) is 4.70. The van der Waals surface area contributed by atoms with E-state index < -0.39 is 11.7 Å². The molecule has 0 saturated carbocycles. The lowest BCUT2D eigenvalue weighted by molar-refractivity contribution is -0.137. The predicted octanol–water partition coefficient (Wildman–Crippen LogP) is 4.77. The Bertz CT molecular complexity index is 620. The first-order valence-corrected chi connectivity index (χ1v) is 7.34. The fourth-order valence-corrected chi connectivity index (χ4v) is 2.50. The number of alkyl halides is 3. The van der Waals surface area contributed by atoms with Crippen LogP contribution in [0.25, 0.3) is 11.3 Å². The number of aromatic nitrogens is 3. The first-order valence-electron chi connectivity index (χ1n) is 6.55. The van der Waals surface area contributed by atoms with E-state index in [1.807, 2.05) is 0 Å². The summed E-state index contributed by atoms with van der Waals surface area (Å²) in [6, 6.07) is 3.98. The number of aryl methyl sites for hydroxylation is 1. The Labute approximate surface area is 129 Å². The zero-order valence-electron chi connectivity index (χ0n) is 11.7. The first-order chi connectivity index (χ1) is 9.79. The molecule has 0 aliphatic heterocycles.